The topological polar surface area (TPSA) is 96.5 Å². The molecule has 0 bridgehead atoms. The first kappa shape index (κ1) is 23.6. The third-order valence-corrected chi connectivity index (χ3v) is 7.79. The number of hydrogen-bond donors (Lipinski definition) is 3. The molecule has 3 rings (SSSR count). The van der Waals surface area contributed by atoms with Crippen molar-refractivity contribution >= 4 is 49.7 Å². The molecule has 7 nitrogen and oxygen atoms in total. The molecule has 1 aromatic heterocycles. The maximum absolute atomic E-state index is 12.6. The number of hydrazine groups is 1. The van der Waals surface area contributed by atoms with Crippen LogP contribution >= 0.6 is 23.6 Å². The van der Waals surface area contributed by atoms with Gasteiger partial charge < -0.3 is 10.1 Å². The van der Waals surface area contributed by atoms with Gasteiger partial charge in [-0.1, -0.05) is 32.9 Å². The van der Waals surface area contributed by atoms with Crippen LogP contribution in [0.4, 0.5) is 5.00 Å². The third-order valence-electron chi connectivity index (χ3n) is 5.12. The lowest BCUT2D eigenvalue weighted by Gasteiger charge is -2.19. The molecule has 0 unspecified atom stereocenters. The van der Waals surface area contributed by atoms with Crippen LogP contribution in [0.1, 0.15) is 60.0 Å². The molecular weight excluding hydrogens is 454 g/mol. The summed E-state index contributed by atoms with van der Waals surface area (Å²) in [7, 11) is -2.48. The molecule has 31 heavy (non-hydrogen) atoms. The van der Waals surface area contributed by atoms with E-state index in [2.05, 4.69) is 36.3 Å². The summed E-state index contributed by atoms with van der Waals surface area (Å²) in [4.78, 5) is 15.9. The van der Waals surface area contributed by atoms with E-state index in [1.165, 1.54) is 18.4 Å². The first-order chi connectivity index (χ1) is 14.5. The largest absolute Gasteiger partial charge is 0.465 e. The highest BCUT2D eigenvalue weighted by atomic mass is 32.2. The zero-order chi connectivity index (χ0) is 22.8. The average molecular weight is 482 g/mol. The van der Waals surface area contributed by atoms with Gasteiger partial charge in [0.05, 0.1) is 17.6 Å². The van der Waals surface area contributed by atoms with Crippen LogP contribution in [0.5, 0.6) is 0 Å². The number of esters is 1. The van der Waals surface area contributed by atoms with E-state index >= 15 is 0 Å². The molecule has 0 saturated carbocycles. The van der Waals surface area contributed by atoms with Crippen LogP contribution in [-0.2, 0) is 33.0 Å². The highest BCUT2D eigenvalue weighted by molar-refractivity contribution is 7.89. The number of methoxy groups -OCH3 is 1. The summed E-state index contributed by atoms with van der Waals surface area (Å²) in [5.41, 5.74) is 4.95. The van der Waals surface area contributed by atoms with Crippen molar-refractivity contribution < 1.29 is 17.9 Å². The van der Waals surface area contributed by atoms with Crippen molar-refractivity contribution in [3.8, 4) is 0 Å². The lowest BCUT2D eigenvalue weighted by molar-refractivity contribution is 0.0601. The van der Waals surface area contributed by atoms with Gasteiger partial charge in [0.25, 0.3) is 10.0 Å². The van der Waals surface area contributed by atoms with Gasteiger partial charge in [-0.05, 0) is 66.6 Å². The summed E-state index contributed by atoms with van der Waals surface area (Å²) in [6.07, 6.45) is 3.81. The number of carbonyl (C=O) groups excluding carboxylic acids is 1. The van der Waals surface area contributed by atoms with Gasteiger partial charge in [-0.25, -0.2) is 13.2 Å². The predicted octanol–water partition coefficient (Wildman–Crippen LogP) is 3.89. The average Bonchev–Trinajstić information content (AvgIpc) is 3.09. The fourth-order valence-corrected chi connectivity index (χ4v) is 5.83. The molecule has 0 saturated heterocycles. The van der Waals surface area contributed by atoms with Crippen LogP contribution in [0.2, 0.25) is 0 Å². The van der Waals surface area contributed by atoms with Crippen molar-refractivity contribution in [1.29, 1.82) is 0 Å². The van der Waals surface area contributed by atoms with E-state index in [1.807, 2.05) is 0 Å². The second-order valence-electron chi connectivity index (χ2n) is 8.37. The normalized spacial score (nSPS) is 13.9. The van der Waals surface area contributed by atoms with Crippen molar-refractivity contribution in [3.63, 3.8) is 0 Å². The van der Waals surface area contributed by atoms with Gasteiger partial charge in [-0.2, -0.15) is 0 Å². The smallest absolute Gasteiger partial charge is 0.341 e. The quantitative estimate of drug-likeness (QED) is 0.339. The molecule has 0 aliphatic heterocycles. The lowest BCUT2D eigenvalue weighted by atomic mass is 9.87. The summed E-state index contributed by atoms with van der Waals surface area (Å²) in [6.45, 7) is 6.18. The van der Waals surface area contributed by atoms with Gasteiger partial charge >= 0.3 is 5.97 Å². The molecule has 1 heterocycles. The Kier molecular flexibility index (Phi) is 7.04. The van der Waals surface area contributed by atoms with Gasteiger partial charge in [0.15, 0.2) is 5.11 Å². The number of rotatable bonds is 5. The van der Waals surface area contributed by atoms with Gasteiger partial charge in [0.1, 0.15) is 5.00 Å². The Hall–Kier alpha value is -2.01. The minimum absolute atomic E-state index is 0.0404. The summed E-state index contributed by atoms with van der Waals surface area (Å²) in [6, 6.07) is 6.71. The Morgan fingerprint density at radius 3 is 2.39 bits per heavy atom. The Bertz CT molecular complexity index is 1080. The Morgan fingerprint density at radius 2 is 1.77 bits per heavy atom. The summed E-state index contributed by atoms with van der Waals surface area (Å²) in [5.74, 6) is -0.427. The van der Waals surface area contributed by atoms with Crippen LogP contribution in [-0.4, -0.2) is 26.6 Å². The van der Waals surface area contributed by atoms with Crippen molar-refractivity contribution in [1.82, 2.24) is 10.3 Å². The van der Waals surface area contributed by atoms with Crippen LogP contribution < -0.4 is 15.6 Å². The van der Waals surface area contributed by atoms with Gasteiger partial charge in [0, 0.05) is 4.88 Å². The van der Waals surface area contributed by atoms with Crippen LogP contribution in [0.15, 0.2) is 29.2 Å². The SMILES string of the molecule is COC(=O)c1c(NC(=S)NNS(=O)(=O)c2ccc(C(C)(C)C)cc2)sc2c1CCCC2. The number of hydrogen-bond acceptors (Lipinski definition) is 6. The molecule has 168 valence electrons. The van der Waals surface area contributed by atoms with E-state index in [1.54, 1.807) is 24.3 Å². The summed E-state index contributed by atoms with van der Waals surface area (Å²) in [5, 5.41) is 3.55. The number of thiophene rings is 1. The maximum Gasteiger partial charge on any atom is 0.341 e. The number of carbonyl (C=O) groups is 1. The Balaban J connectivity index is 1.70. The molecule has 0 fully saturated rings. The van der Waals surface area contributed by atoms with Crippen LogP contribution in [0.25, 0.3) is 0 Å². The molecule has 2 aromatic rings. The van der Waals surface area contributed by atoms with Crippen molar-refractivity contribution in [3.05, 3.63) is 45.8 Å². The van der Waals surface area contributed by atoms with E-state index in [4.69, 9.17) is 17.0 Å². The maximum atomic E-state index is 12.6. The zero-order valence-corrected chi connectivity index (χ0v) is 20.4. The Morgan fingerprint density at radius 1 is 1.13 bits per heavy atom. The highest BCUT2D eigenvalue weighted by Crippen LogP contribution is 2.38. The number of anilines is 1. The number of benzene rings is 1. The number of thiocarbonyl (C=S) groups is 1. The first-order valence-corrected chi connectivity index (χ1v) is 12.7. The van der Waals surface area contributed by atoms with Gasteiger partial charge in [0.2, 0.25) is 0 Å². The molecular formula is C21H27N3O4S3. The number of sulfonamides is 1. The lowest BCUT2D eigenvalue weighted by Crippen LogP contribution is -2.43. The number of nitrogens with one attached hydrogen (secondary N) is 3. The second-order valence-corrected chi connectivity index (χ2v) is 11.6. The minimum atomic E-state index is -3.82. The molecule has 0 atom stereocenters. The van der Waals surface area contributed by atoms with Gasteiger partial charge in [-0.15, -0.1) is 16.2 Å². The fraction of sp³-hybridized carbons (Fsp3) is 0.429. The van der Waals surface area contributed by atoms with Crippen molar-refractivity contribution in [2.45, 2.75) is 56.8 Å². The van der Waals surface area contributed by atoms with E-state index in [9.17, 15) is 13.2 Å². The molecule has 3 N–H and O–H groups in total. The van der Waals surface area contributed by atoms with Crippen LogP contribution in [0, 0.1) is 0 Å². The molecule has 0 radical (unpaired) electrons. The number of aryl methyl sites for hydroxylation is 1. The monoisotopic (exact) mass is 481 g/mol. The molecule has 1 aliphatic rings. The van der Waals surface area contributed by atoms with E-state index in [0.29, 0.717) is 10.6 Å². The van der Waals surface area contributed by atoms with E-state index in [0.717, 1.165) is 41.7 Å². The second kappa shape index (κ2) is 9.23. The molecule has 0 spiro atoms. The highest BCUT2D eigenvalue weighted by Gasteiger charge is 2.26. The minimum Gasteiger partial charge on any atom is -0.465 e. The van der Waals surface area contributed by atoms with Crippen molar-refractivity contribution in [2.75, 3.05) is 12.4 Å². The predicted molar refractivity (Wildman–Crippen MR) is 127 cm³/mol. The third kappa shape index (κ3) is 5.43. The first-order valence-electron chi connectivity index (χ1n) is 9.95. The Labute approximate surface area is 192 Å². The van der Waals surface area contributed by atoms with Crippen molar-refractivity contribution in [2.24, 2.45) is 0 Å². The molecule has 0 amide bonds. The molecule has 1 aliphatic carbocycles. The van der Waals surface area contributed by atoms with E-state index < -0.39 is 16.0 Å². The van der Waals surface area contributed by atoms with Crippen LogP contribution in [0.3, 0.4) is 0 Å². The molecule has 1 aromatic carbocycles. The summed E-state index contributed by atoms with van der Waals surface area (Å²) < 4.78 is 30.1. The molecule has 10 heteroatoms. The van der Waals surface area contributed by atoms with Gasteiger partial charge in [-0.3, -0.25) is 5.43 Å². The zero-order valence-electron chi connectivity index (χ0n) is 18.0. The van der Waals surface area contributed by atoms with E-state index in [-0.39, 0.29) is 15.4 Å². The number of fused-ring (bicyclic) bond motifs is 1. The number of ether oxygens (including phenoxy) is 1. The standard InChI is InChI=1S/C21H27N3O4S3/c1-21(2,3)13-9-11-14(12-10-13)31(26,27)24-23-20(29)22-18-17(19(25)28-4)15-7-5-6-8-16(15)30-18/h9-12,24H,5-8H2,1-4H3,(H2,22,23,29). The fourth-order valence-electron chi connectivity index (χ4n) is 3.41. The summed E-state index contributed by atoms with van der Waals surface area (Å²) >= 11 is 6.70.